The summed E-state index contributed by atoms with van der Waals surface area (Å²) in [6, 6.07) is 4.17. The highest BCUT2D eigenvalue weighted by Crippen LogP contribution is 2.09. The van der Waals surface area contributed by atoms with Gasteiger partial charge < -0.3 is 10.0 Å². The molecule has 3 nitrogen and oxygen atoms in total. The standard InChI is InChI=1S/C12H17NO2S/c1-10(12(14)15)5-7-13(2)8-6-11-4-3-9-16-11/h3-5,9H,6-8H2,1-2H3,(H,14,15). The second-order valence-corrected chi connectivity index (χ2v) is 4.82. The number of carbonyl (C=O) groups is 1. The molecule has 0 saturated carbocycles. The number of carboxylic acids is 1. The average Bonchev–Trinajstić information content (AvgIpc) is 2.75. The molecule has 0 saturated heterocycles. The van der Waals surface area contributed by atoms with Crippen molar-refractivity contribution in [2.45, 2.75) is 13.3 Å². The van der Waals surface area contributed by atoms with Crippen LogP contribution >= 0.6 is 11.3 Å². The molecule has 0 aromatic carbocycles. The Morgan fingerprint density at radius 1 is 1.62 bits per heavy atom. The van der Waals surface area contributed by atoms with E-state index in [9.17, 15) is 4.79 Å². The van der Waals surface area contributed by atoms with Crippen LogP contribution in [0.2, 0.25) is 0 Å². The van der Waals surface area contributed by atoms with Gasteiger partial charge in [-0.3, -0.25) is 0 Å². The summed E-state index contributed by atoms with van der Waals surface area (Å²) < 4.78 is 0. The number of thiophene rings is 1. The summed E-state index contributed by atoms with van der Waals surface area (Å²) in [5.41, 5.74) is 0.406. The molecule has 0 unspecified atom stereocenters. The van der Waals surface area contributed by atoms with Crippen molar-refractivity contribution >= 4 is 17.3 Å². The zero-order chi connectivity index (χ0) is 12.0. The maximum atomic E-state index is 10.6. The van der Waals surface area contributed by atoms with E-state index >= 15 is 0 Å². The Bertz CT molecular complexity index is 357. The lowest BCUT2D eigenvalue weighted by Gasteiger charge is -2.13. The monoisotopic (exact) mass is 239 g/mol. The predicted octanol–water partition coefficient (Wildman–Crippen LogP) is 2.25. The van der Waals surface area contributed by atoms with Gasteiger partial charge in [0.15, 0.2) is 0 Å². The van der Waals surface area contributed by atoms with Crippen LogP contribution in [-0.2, 0) is 11.2 Å². The molecule has 4 heteroatoms. The zero-order valence-electron chi connectivity index (χ0n) is 9.64. The number of likely N-dealkylation sites (N-methyl/N-ethyl adjacent to an activating group) is 1. The third kappa shape index (κ3) is 4.59. The zero-order valence-corrected chi connectivity index (χ0v) is 10.5. The SMILES string of the molecule is CC(=CCN(C)CCc1cccs1)C(=O)O. The van der Waals surface area contributed by atoms with E-state index in [0.717, 1.165) is 13.0 Å². The van der Waals surface area contributed by atoms with Gasteiger partial charge in [-0.15, -0.1) is 11.3 Å². The summed E-state index contributed by atoms with van der Waals surface area (Å²) in [6.45, 7) is 3.25. The summed E-state index contributed by atoms with van der Waals surface area (Å²) in [6.07, 6.45) is 2.77. The lowest BCUT2D eigenvalue weighted by molar-refractivity contribution is -0.132. The van der Waals surface area contributed by atoms with E-state index in [1.165, 1.54) is 4.88 Å². The lowest BCUT2D eigenvalue weighted by atomic mass is 10.2. The molecule has 16 heavy (non-hydrogen) atoms. The van der Waals surface area contributed by atoms with E-state index in [2.05, 4.69) is 22.4 Å². The molecule has 1 aromatic heterocycles. The van der Waals surface area contributed by atoms with Gasteiger partial charge in [0.2, 0.25) is 0 Å². The molecule has 0 radical (unpaired) electrons. The van der Waals surface area contributed by atoms with Crippen LogP contribution in [0.15, 0.2) is 29.2 Å². The molecule has 1 rings (SSSR count). The van der Waals surface area contributed by atoms with Crippen molar-refractivity contribution in [3.05, 3.63) is 34.0 Å². The van der Waals surface area contributed by atoms with Crippen molar-refractivity contribution in [1.29, 1.82) is 0 Å². The van der Waals surface area contributed by atoms with Gasteiger partial charge in [0.25, 0.3) is 0 Å². The lowest BCUT2D eigenvalue weighted by Crippen LogP contribution is -2.21. The van der Waals surface area contributed by atoms with Gasteiger partial charge in [-0.1, -0.05) is 12.1 Å². The number of carboxylic acid groups (broad SMARTS) is 1. The van der Waals surface area contributed by atoms with E-state index in [1.807, 2.05) is 7.05 Å². The fourth-order valence-corrected chi connectivity index (χ4v) is 1.93. The Morgan fingerprint density at radius 2 is 2.38 bits per heavy atom. The van der Waals surface area contributed by atoms with Gasteiger partial charge in [-0.25, -0.2) is 4.79 Å². The molecule has 1 heterocycles. The Kier molecular flexibility index (Phi) is 5.22. The number of rotatable bonds is 6. The van der Waals surface area contributed by atoms with Crippen LogP contribution in [0.25, 0.3) is 0 Å². The molecule has 0 amide bonds. The van der Waals surface area contributed by atoms with Crippen molar-refractivity contribution in [1.82, 2.24) is 4.90 Å². The van der Waals surface area contributed by atoms with Crippen molar-refractivity contribution in [3.8, 4) is 0 Å². The Morgan fingerprint density at radius 3 is 2.94 bits per heavy atom. The van der Waals surface area contributed by atoms with Crippen LogP contribution < -0.4 is 0 Å². The molecule has 0 atom stereocenters. The normalized spacial score (nSPS) is 12.1. The van der Waals surface area contributed by atoms with Crippen molar-refractivity contribution < 1.29 is 9.90 Å². The third-order valence-electron chi connectivity index (χ3n) is 2.37. The smallest absolute Gasteiger partial charge is 0.330 e. The van der Waals surface area contributed by atoms with Crippen LogP contribution in [0, 0.1) is 0 Å². The number of aliphatic carboxylic acids is 1. The van der Waals surface area contributed by atoms with Gasteiger partial charge in [0, 0.05) is 23.5 Å². The molecule has 0 spiro atoms. The molecular formula is C12H17NO2S. The predicted molar refractivity (Wildman–Crippen MR) is 66.9 cm³/mol. The van der Waals surface area contributed by atoms with Crippen LogP contribution in [-0.4, -0.2) is 36.1 Å². The van der Waals surface area contributed by atoms with Crippen molar-refractivity contribution in [2.75, 3.05) is 20.1 Å². The summed E-state index contributed by atoms with van der Waals surface area (Å²) in [5, 5.41) is 10.8. The summed E-state index contributed by atoms with van der Waals surface area (Å²) in [7, 11) is 2.00. The maximum Gasteiger partial charge on any atom is 0.330 e. The molecular weight excluding hydrogens is 222 g/mol. The average molecular weight is 239 g/mol. The van der Waals surface area contributed by atoms with Crippen LogP contribution in [0.5, 0.6) is 0 Å². The fraction of sp³-hybridized carbons (Fsp3) is 0.417. The van der Waals surface area contributed by atoms with Gasteiger partial charge in [-0.05, 0) is 31.8 Å². The summed E-state index contributed by atoms with van der Waals surface area (Å²) >= 11 is 1.76. The third-order valence-corrected chi connectivity index (χ3v) is 3.30. The van der Waals surface area contributed by atoms with Gasteiger partial charge in [0.1, 0.15) is 0 Å². The highest BCUT2D eigenvalue weighted by atomic mass is 32.1. The van der Waals surface area contributed by atoms with Gasteiger partial charge >= 0.3 is 5.97 Å². The van der Waals surface area contributed by atoms with Crippen molar-refractivity contribution in [3.63, 3.8) is 0 Å². The van der Waals surface area contributed by atoms with E-state index in [0.29, 0.717) is 12.1 Å². The number of nitrogens with zero attached hydrogens (tertiary/aromatic N) is 1. The maximum absolute atomic E-state index is 10.6. The minimum absolute atomic E-state index is 0.406. The Labute approximate surface area is 100 Å². The van der Waals surface area contributed by atoms with Crippen molar-refractivity contribution in [2.24, 2.45) is 0 Å². The van der Waals surface area contributed by atoms with Crippen LogP contribution in [0.3, 0.4) is 0 Å². The largest absolute Gasteiger partial charge is 0.478 e. The Balaban J connectivity index is 2.28. The number of hydrogen-bond acceptors (Lipinski definition) is 3. The van der Waals surface area contributed by atoms with E-state index < -0.39 is 5.97 Å². The first-order valence-electron chi connectivity index (χ1n) is 5.20. The topological polar surface area (TPSA) is 40.5 Å². The van der Waals surface area contributed by atoms with E-state index in [4.69, 9.17) is 5.11 Å². The van der Waals surface area contributed by atoms with Crippen LogP contribution in [0.4, 0.5) is 0 Å². The minimum Gasteiger partial charge on any atom is -0.478 e. The van der Waals surface area contributed by atoms with Gasteiger partial charge in [0.05, 0.1) is 0 Å². The molecule has 1 aromatic rings. The molecule has 0 aliphatic carbocycles. The second kappa shape index (κ2) is 6.45. The molecule has 0 aliphatic heterocycles. The first kappa shape index (κ1) is 12.9. The molecule has 0 aliphatic rings. The van der Waals surface area contributed by atoms with E-state index in [1.54, 1.807) is 24.3 Å². The highest BCUT2D eigenvalue weighted by Gasteiger charge is 2.01. The highest BCUT2D eigenvalue weighted by molar-refractivity contribution is 7.09. The summed E-state index contributed by atoms with van der Waals surface area (Å²) in [5.74, 6) is -0.841. The first-order chi connectivity index (χ1) is 7.59. The quantitative estimate of drug-likeness (QED) is 0.774. The molecule has 88 valence electrons. The van der Waals surface area contributed by atoms with Crippen LogP contribution in [0.1, 0.15) is 11.8 Å². The van der Waals surface area contributed by atoms with E-state index in [-0.39, 0.29) is 0 Å². The minimum atomic E-state index is -0.841. The molecule has 0 fully saturated rings. The second-order valence-electron chi connectivity index (χ2n) is 3.78. The summed E-state index contributed by atoms with van der Waals surface area (Å²) in [4.78, 5) is 14.1. The first-order valence-corrected chi connectivity index (χ1v) is 6.08. The fourth-order valence-electron chi connectivity index (χ4n) is 1.23. The number of hydrogen-bond donors (Lipinski definition) is 1. The van der Waals surface area contributed by atoms with Gasteiger partial charge in [-0.2, -0.15) is 0 Å². The molecule has 0 bridgehead atoms. The Hall–Kier alpha value is -1.13. The molecule has 1 N–H and O–H groups in total.